The maximum atomic E-state index is 16.5. The Bertz CT molecular complexity index is 2280. The molecule has 1 fully saturated rings. The number of anilines is 3. The molecule has 2 aliphatic rings. The third kappa shape index (κ3) is 4.49. The van der Waals surface area contributed by atoms with Gasteiger partial charge in [0.05, 0.1) is 33.8 Å². The van der Waals surface area contributed by atoms with Crippen LogP contribution in [0.2, 0.25) is 0 Å². The molecule has 0 radical (unpaired) electrons. The summed E-state index contributed by atoms with van der Waals surface area (Å²) in [6, 6.07) is 4.46. The van der Waals surface area contributed by atoms with Gasteiger partial charge in [-0.3, -0.25) is 23.9 Å². The zero-order valence-electron chi connectivity index (χ0n) is 26.9. The molecule has 2 N–H and O–H groups in total. The van der Waals surface area contributed by atoms with Gasteiger partial charge in [-0.1, -0.05) is 31.8 Å². The van der Waals surface area contributed by atoms with Gasteiger partial charge >= 0.3 is 0 Å². The van der Waals surface area contributed by atoms with Gasteiger partial charge < -0.3 is 20.4 Å². The molecule has 11 nitrogen and oxygen atoms in total. The first-order valence-corrected chi connectivity index (χ1v) is 16.2. The lowest BCUT2D eigenvalue weighted by molar-refractivity contribution is -0.130. The SMILES string of the molecule is C=CC(=O)N1C[C@@H]2C(=O)N(C)c3c(c4cc(F)c(-c5ccc(F)c6sc(N)nc56)nc4n(-c4c(C)ccnc4C(C)C)c3=O)N2C[C@H]1C. The number of nitrogens with zero attached hydrogens (tertiary/aromatic N) is 7. The molecule has 7 rings (SSSR count). The Labute approximate surface area is 277 Å². The summed E-state index contributed by atoms with van der Waals surface area (Å²) < 4.78 is 32.9. The summed E-state index contributed by atoms with van der Waals surface area (Å²) in [5.74, 6) is -2.11. The van der Waals surface area contributed by atoms with Crippen molar-refractivity contribution < 1.29 is 18.4 Å². The molecule has 0 saturated carbocycles. The number of likely N-dealkylation sites (N-methyl/N-ethyl adjacent to an activating group) is 1. The number of halogens is 2. The van der Waals surface area contributed by atoms with Crippen LogP contribution in [-0.2, 0) is 9.59 Å². The van der Waals surface area contributed by atoms with E-state index in [0.717, 1.165) is 11.3 Å². The molecular formula is C34H32F2N8O3S. The van der Waals surface area contributed by atoms with Crippen molar-refractivity contribution in [3.8, 4) is 16.9 Å². The van der Waals surface area contributed by atoms with E-state index in [9.17, 15) is 18.8 Å². The number of hydrogen-bond acceptors (Lipinski definition) is 9. The predicted octanol–water partition coefficient (Wildman–Crippen LogP) is 4.92. The molecule has 2 aliphatic heterocycles. The van der Waals surface area contributed by atoms with Crippen LogP contribution in [0, 0.1) is 18.6 Å². The van der Waals surface area contributed by atoms with Crippen LogP contribution in [0.4, 0.5) is 25.3 Å². The van der Waals surface area contributed by atoms with E-state index in [0.29, 0.717) is 22.6 Å². The monoisotopic (exact) mass is 670 g/mol. The molecule has 0 spiro atoms. The molecular weight excluding hydrogens is 638 g/mol. The topological polar surface area (TPSA) is 131 Å². The molecule has 5 aromatic rings. The van der Waals surface area contributed by atoms with Crippen LogP contribution in [0.3, 0.4) is 0 Å². The molecule has 0 unspecified atom stereocenters. The minimum Gasteiger partial charge on any atom is -0.375 e. The number of nitrogens with two attached hydrogens (primary N) is 1. The molecule has 1 saturated heterocycles. The molecule has 48 heavy (non-hydrogen) atoms. The Morgan fingerprint density at radius 1 is 1.10 bits per heavy atom. The van der Waals surface area contributed by atoms with Crippen molar-refractivity contribution in [3.05, 3.63) is 76.4 Å². The smallest absolute Gasteiger partial charge is 0.283 e. The first-order chi connectivity index (χ1) is 22.8. The standard InChI is InChI=1S/C34H32F2N8O3S/c1-7-23(45)42-14-22-32(46)41(6)29-28(43(22)13-17(42)5)19-12-21(36)25(18-8-9-20(35)30-26(18)40-34(37)48-30)39-31(19)44(33(29)47)27-16(4)10-11-38-24(27)15(2)3/h7-12,15,17,22H,1,13-14H2,2-6H3,(H2,37,40)/t17-,22-/m1/s1. The number of pyridine rings is 3. The maximum absolute atomic E-state index is 16.5. The molecule has 2 atom stereocenters. The predicted molar refractivity (Wildman–Crippen MR) is 183 cm³/mol. The van der Waals surface area contributed by atoms with Gasteiger partial charge in [0.15, 0.2) is 10.8 Å². The first kappa shape index (κ1) is 31.4. The number of rotatable bonds is 4. The number of amides is 2. The van der Waals surface area contributed by atoms with Crippen LogP contribution < -0.4 is 21.1 Å². The Kier molecular flexibility index (Phi) is 7.31. The minimum absolute atomic E-state index is 0.0469. The van der Waals surface area contributed by atoms with Gasteiger partial charge in [0.2, 0.25) is 5.91 Å². The number of hydrogen-bond donors (Lipinski definition) is 1. The second kappa shape index (κ2) is 11.2. The van der Waals surface area contributed by atoms with Crippen molar-refractivity contribution >= 4 is 60.9 Å². The van der Waals surface area contributed by atoms with E-state index in [1.807, 2.05) is 27.7 Å². The van der Waals surface area contributed by atoms with E-state index in [1.165, 1.54) is 40.8 Å². The largest absolute Gasteiger partial charge is 0.375 e. The zero-order chi connectivity index (χ0) is 34.3. The van der Waals surface area contributed by atoms with Gasteiger partial charge in [0.1, 0.15) is 29.1 Å². The van der Waals surface area contributed by atoms with Crippen molar-refractivity contribution in [1.82, 2.24) is 24.4 Å². The van der Waals surface area contributed by atoms with Crippen LogP contribution in [0.15, 0.2) is 47.9 Å². The number of nitrogen functional groups attached to an aromatic ring is 1. The second-order valence-electron chi connectivity index (χ2n) is 12.5. The van der Waals surface area contributed by atoms with E-state index in [4.69, 9.17) is 10.7 Å². The fourth-order valence-corrected chi connectivity index (χ4v) is 7.67. The van der Waals surface area contributed by atoms with E-state index in [1.54, 1.807) is 22.1 Å². The third-order valence-electron chi connectivity index (χ3n) is 9.18. The number of piperazine rings is 1. The summed E-state index contributed by atoms with van der Waals surface area (Å²) in [7, 11) is 1.51. The molecule has 1 aromatic carbocycles. The summed E-state index contributed by atoms with van der Waals surface area (Å²) in [5.41, 5.74) is 7.90. The molecule has 2 amide bonds. The van der Waals surface area contributed by atoms with Crippen LogP contribution in [0.25, 0.3) is 38.2 Å². The highest BCUT2D eigenvalue weighted by atomic mass is 32.1. The number of carbonyl (C=O) groups excluding carboxylic acids is 2. The van der Waals surface area contributed by atoms with Crippen molar-refractivity contribution in [2.75, 3.05) is 35.7 Å². The summed E-state index contributed by atoms with van der Waals surface area (Å²) in [5, 5.41) is 0.387. The Balaban J connectivity index is 1.61. The van der Waals surface area contributed by atoms with Crippen molar-refractivity contribution in [3.63, 3.8) is 0 Å². The van der Waals surface area contributed by atoms with Gasteiger partial charge in [0.25, 0.3) is 11.5 Å². The lowest BCUT2D eigenvalue weighted by Gasteiger charge is -2.49. The second-order valence-corrected chi connectivity index (χ2v) is 13.5. The lowest BCUT2D eigenvalue weighted by Crippen LogP contribution is -2.66. The van der Waals surface area contributed by atoms with Gasteiger partial charge in [0, 0.05) is 36.8 Å². The Hall–Kier alpha value is -5.24. The van der Waals surface area contributed by atoms with Crippen molar-refractivity contribution in [2.24, 2.45) is 0 Å². The highest BCUT2D eigenvalue weighted by Gasteiger charge is 2.46. The Morgan fingerprint density at radius 3 is 2.56 bits per heavy atom. The van der Waals surface area contributed by atoms with Crippen LogP contribution in [0.1, 0.15) is 37.9 Å². The van der Waals surface area contributed by atoms with Crippen LogP contribution in [0.5, 0.6) is 0 Å². The van der Waals surface area contributed by atoms with Crippen molar-refractivity contribution in [1.29, 1.82) is 0 Å². The average Bonchev–Trinajstić information content (AvgIpc) is 3.45. The van der Waals surface area contributed by atoms with Crippen LogP contribution in [-0.4, -0.2) is 68.5 Å². The first-order valence-electron chi connectivity index (χ1n) is 15.4. The number of aromatic nitrogens is 4. The molecule has 14 heteroatoms. The van der Waals surface area contributed by atoms with E-state index < -0.39 is 23.2 Å². The number of thiazole rings is 1. The fraction of sp³-hybridized carbons (Fsp3) is 0.294. The van der Waals surface area contributed by atoms with Gasteiger partial charge in [-0.05, 0) is 55.7 Å². The third-order valence-corrected chi connectivity index (χ3v) is 10.1. The highest BCUT2D eigenvalue weighted by molar-refractivity contribution is 7.22. The fourth-order valence-electron chi connectivity index (χ4n) is 6.90. The summed E-state index contributed by atoms with van der Waals surface area (Å²) in [6.45, 7) is 11.4. The number of aryl methyl sites for hydroxylation is 1. The number of benzene rings is 1. The number of fused-ring (bicyclic) bond motifs is 6. The summed E-state index contributed by atoms with van der Waals surface area (Å²) >= 11 is 0.942. The minimum atomic E-state index is -0.843. The van der Waals surface area contributed by atoms with Crippen LogP contribution >= 0.6 is 11.3 Å². The summed E-state index contributed by atoms with van der Waals surface area (Å²) in [4.78, 5) is 59.9. The molecule has 246 valence electrons. The zero-order valence-corrected chi connectivity index (χ0v) is 27.7. The Morgan fingerprint density at radius 2 is 1.85 bits per heavy atom. The number of carbonyl (C=O) groups is 2. The quantitative estimate of drug-likeness (QED) is 0.267. The molecule has 0 aliphatic carbocycles. The molecule has 0 bridgehead atoms. The highest BCUT2D eigenvalue weighted by Crippen LogP contribution is 2.44. The maximum Gasteiger partial charge on any atom is 0.283 e. The summed E-state index contributed by atoms with van der Waals surface area (Å²) in [6.07, 6.45) is 2.86. The van der Waals surface area contributed by atoms with Gasteiger partial charge in [-0.25, -0.2) is 18.7 Å². The van der Waals surface area contributed by atoms with Crippen molar-refractivity contribution in [2.45, 2.75) is 45.7 Å². The van der Waals surface area contributed by atoms with Gasteiger partial charge in [-0.15, -0.1) is 0 Å². The molecule has 4 aromatic heterocycles. The lowest BCUT2D eigenvalue weighted by atomic mass is 9.98. The average molecular weight is 671 g/mol. The molecule has 6 heterocycles. The van der Waals surface area contributed by atoms with E-state index in [2.05, 4.69) is 16.5 Å². The van der Waals surface area contributed by atoms with E-state index >= 15 is 4.39 Å². The normalized spacial score (nSPS) is 17.8. The van der Waals surface area contributed by atoms with E-state index in [-0.39, 0.29) is 80.2 Å². The van der Waals surface area contributed by atoms with Gasteiger partial charge in [-0.2, -0.15) is 0 Å².